The van der Waals surface area contributed by atoms with Gasteiger partial charge in [-0.3, -0.25) is 9.59 Å². The van der Waals surface area contributed by atoms with Gasteiger partial charge in [-0.25, -0.2) is 14.4 Å². The van der Waals surface area contributed by atoms with Crippen molar-refractivity contribution in [1.82, 2.24) is 0 Å². The van der Waals surface area contributed by atoms with Crippen molar-refractivity contribution in [2.24, 2.45) is 0 Å². The minimum atomic E-state index is -1.53. The van der Waals surface area contributed by atoms with Crippen LogP contribution in [-0.2, 0) is 57.0 Å². The molecule has 2 saturated heterocycles. The number of methoxy groups -OCH3 is 1. The molecule has 15 nitrogen and oxygen atoms in total. The van der Waals surface area contributed by atoms with Gasteiger partial charge in [0.1, 0.15) is 18.3 Å². The van der Waals surface area contributed by atoms with E-state index in [9.17, 15) is 24.0 Å². The number of ether oxygens (including phenoxy) is 10. The third-order valence-corrected chi connectivity index (χ3v) is 12.0. The summed E-state index contributed by atoms with van der Waals surface area (Å²) in [5.41, 5.74) is 1.42. The second-order valence-corrected chi connectivity index (χ2v) is 16.8. The maximum atomic E-state index is 13.9. The van der Waals surface area contributed by atoms with E-state index in [0.717, 1.165) is 10.5 Å². The highest BCUT2D eigenvalue weighted by Gasteiger charge is 2.54. The predicted octanol–water partition coefficient (Wildman–Crippen LogP) is 7.58. The number of rotatable bonds is 19. The summed E-state index contributed by atoms with van der Waals surface area (Å²) in [6.45, 7) is 1.94. The van der Waals surface area contributed by atoms with E-state index in [1.165, 1.54) is 21.0 Å². The van der Waals surface area contributed by atoms with Crippen molar-refractivity contribution in [1.29, 1.82) is 0 Å². The van der Waals surface area contributed by atoms with Crippen LogP contribution in [0.1, 0.15) is 63.0 Å². The molecule has 68 heavy (non-hydrogen) atoms. The summed E-state index contributed by atoms with van der Waals surface area (Å²) >= 11 is 1.60. The molecule has 5 aromatic rings. The largest absolute Gasteiger partial charge is 0.458 e. The van der Waals surface area contributed by atoms with E-state index in [4.69, 9.17) is 47.4 Å². The van der Waals surface area contributed by atoms with Gasteiger partial charge in [0.05, 0.1) is 36.0 Å². The second-order valence-electron chi connectivity index (χ2n) is 15.7. The summed E-state index contributed by atoms with van der Waals surface area (Å²) in [6.07, 6.45) is -12.1. The first kappa shape index (κ1) is 49.5. The Balaban J connectivity index is 1.18. The molecular weight excluding hydrogens is 897 g/mol. The van der Waals surface area contributed by atoms with Crippen LogP contribution in [0.5, 0.6) is 0 Å². The van der Waals surface area contributed by atoms with E-state index in [0.29, 0.717) is 5.75 Å². The summed E-state index contributed by atoms with van der Waals surface area (Å²) < 4.78 is 61.4. The molecule has 2 aliphatic heterocycles. The summed E-state index contributed by atoms with van der Waals surface area (Å²) in [6, 6.07) is 43.9. The van der Waals surface area contributed by atoms with Crippen molar-refractivity contribution in [3.63, 3.8) is 0 Å². The smallest absolute Gasteiger partial charge is 0.338 e. The quantitative estimate of drug-likeness (QED) is 0.0449. The molecule has 356 valence electrons. The molecule has 0 spiro atoms. The molecule has 0 saturated carbocycles. The van der Waals surface area contributed by atoms with Crippen molar-refractivity contribution in [2.75, 3.05) is 26.1 Å². The molecule has 0 radical (unpaired) electrons. The first-order valence-corrected chi connectivity index (χ1v) is 23.0. The molecule has 10 atom stereocenters. The van der Waals surface area contributed by atoms with Gasteiger partial charge in [-0.15, -0.1) is 11.8 Å². The van der Waals surface area contributed by atoms with Gasteiger partial charge in [-0.2, -0.15) is 0 Å². The molecule has 2 fully saturated rings. The van der Waals surface area contributed by atoms with Gasteiger partial charge >= 0.3 is 29.8 Å². The lowest BCUT2D eigenvalue weighted by atomic mass is 9.97. The van der Waals surface area contributed by atoms with Crippen LogP contribution in [0.2, 0.25) is 0 Å². The van der Waals surface area contributed by atoms with Crippen molar-refractivity contribution in [3.8, 4) is 0 Å². The number of hydrogen-bond acceptors (Lipinski definition) is 16. The Morgan fingerprint density at radius 3 is 1.53 bits per heavy atom. The van der Waals surface area contributed by atoms with Gasteiger partial charge in [0.2, 0.25) is 0 Å². The highest BCUT2D eigenvalue weighted by atomic mass is 32.2. The molecule has 0 N–H and O–H groups in total. The lowest BCUT2D eigenvalue weighted by Gasteiger charge is -2.45. The van der Waals surface area contributed by atoms with E-state index in [-0.39, 0.29) is 29.7 Å². The van der Waals surface area contributed by atoms with Crippen LogP contribution in [0.25, 0.3) is 0 Å². The number of carbonyl (C=O) groups is 5. The number of carbonyl (C=O) groups excluding carboxylic acids is 5. The number of esters is 5. The van der Waals surface area contributed by atoms with Gasteiger partial charge in [-0.05, 0) is 54.1 Å². The van der Waals surface area contributed by atoms with Crippen molar-refractivity contribution < 1.29 is 71.3 Å². The second kappa shape index (κ2) is 24.6. The maximum Gasteiger partial charge on any atom is 0.338 e. The Morgan fingerprint density at radius 2 is 1.01 bits per heavy atom. The molecule has 16 heteroatoms. The van der Waals surface area contributed by atoms with E-state index in [1.807, 2.05) is 60.7 Å². The fraction of sp³-hybridized carbons (Fsp3) is 0.327. The topological polar surface area (TPSA) is 178 Å². The Hall–Kier alpha value is -6.40. The fourth-order valence-electron chi connectivity index (χ4n) is 7.72. The van der Waals surface area contributed by atoms with Crippen molar-refractivity contribution >= 4 is 41.6 Å². The summed E-state index contributed by atoms with van der Waals surface area (Å²) in [4.78, 5) is 67.6. The minimum Gasteiger partial charge on any atom is -0.458 e. The maximum absolute atomic E-state index is 13.9. The summed E-state index contributed by atoms with van der Waals surface area (Å²) in [7, 11) is 1.31. The van der Waals surface area contributed by atoms with Crippen LogP contribution in [0.4, 0.5) is 0 Å². The third-order valence-electron chi connectivity index (χ3n) is 10.9. The fourth-order valence-corrected chi connectivity index (χ4v) is 8.70. The Labute approximate surface area is 398 Å². The Bertz CT molecular complexity index is 2390. The van der Waals surface area contributed by atoms with Gasteiger partial charge in [0.15, 0.2) is 37.0 Å². The van der Waals surface area contributed by atoms with E-state index >= 15 is 0 Å². The van der Waals surface area contributed by atoms with Crippen LogP contribution in [-0.4, -0.2) is 111 Å². The van der Waals surface area contributed by atoms with Crippen LogP contribution < -0.4 is 0 Å². The van der Waals surface area contributed by atoms with Crippen LogP contribution >= 0.6 is 11.8 Å². The zero-order valence-corrected chi connectivity index (χ0v) is 38.4. The van der Waals surface area contributed by atoms with Gasteiger partial charge < -0.3 is 47.4 Å². The van der Waals surface area contributed by atoms with Crippen molar-refractivity contribution in [3.05, 3.63) is 174 Å². The molecule has 2 heterocycles. The molecular formula is C52H52O15S. The first-order chi connectivity index (χ1) is 33.1. The zero-order chi connectivity index (χ0) is 47.8. The number of benzene rings is 5. The van der Waals surface area contributed by atoms with Crippen LogP contribution in [0, 0.1) is 0 Å². The highest BCUT2D eigenvalue weighted by Crippen LogP contribution is 2.34. The standard InChI is InChI=1S/C52H52O15S/c1-33(53)61-40-29-44(63-41(45(40)62-34(2)54)30-59-43(35-19-9-4-10-20-35)32-68-39-27-17-8-18-28-39)60-31-42-46(65-49(55)36-21-11-5-12-22-36)47(66-50(56)37-23-13-6-14-24-37)48(52(58-3)64-42)67-51(57)38-25-15-7-16-26-38/h4-28,40-48,52H,29-32H2,1-3H3/t40-,41-,42-,43-,44+,45+,46-,47+,48-,52+/m1/s1. The zero-order valence-electron chi connectivity index (χ0n) is 37.6. The van der Waals surface area contributed by atoms with E-state index < -0.39 is 97.9 Å². The predicted molar refractivity (Wildman–Crippen MR) is 245 cm³/mol. The summed E-state index contributed by atoms with van der Waals surface area (Å²) in [5.74, 6) is -3.17. The lowest BCUT2D eigenvalue weighted by Crippen LogP contribution is -2.63. The Kier molecular flexibility index (Phi) is 17.9. The molecule has 2 aliphatic rings. The van der Waals surface area contributed by atoms with Gasteiger partial charge in [-0.1, -0.05) is 103 Å². The monoisotopic (exact) mass is 948 g/mol. The van der Waals surface area contributed by atoms with E-state index in [2.05, 4.69) is 0 Å². The van der Waals surface area contributed by atoms with Gasteiger partial charge in [0, 0.05) is 38.0 Å². The molecule has 0 aromatic heterocycles. The van der Waals surface area contributed by atoms with Gasteiger partial charge in [0.25, 0.3) is 0 Å². The molecule has 0 amide bonds. The highest BCUT2D eigenvalue weighted by molar-refractivity contribution is 7.99. The Morgan fingerprint density at radius 1 is 0.544 bits per heavy atom. The minimum absolute atomic E-state index is 0.112. The number of thioether (sulfide) groups is 1. The SMILES string of the molecule is CO[C@H]1O[C@H](CO[C@@H]2C[C@@H](OC(C)=O)[C@H](OC(C)=O)[C@@H](CO[C@H](CSc3ccccc3)c3ccccc3)O2)[C@@H](OC(=O)c2ccccc2)[C@H](OC(=O)c2ccccc2)[C@H]1OC(=O)c1ccccc1. The van der Waals surface area contributed by atoms with Crippen LogP contribution in [0.3, 0.4) is 0 Å². The normalized spacial score (nSPS) is 23.8. The molecule has 7 rings (SSSR count). The van der Waals surface area contributed by atoms with Crippen LogP contribution in [0.15, 0.2) is 157 Å². The molecule has 0 bridgehead atoms. The number of hydrogen-bond donors (Lipinski definition) is 0. The van der Waals surface area contributed by atoms with Crippen molar-refractivity contribution in [2.45, 2.75) is 86.6 Å². The first-order valence-electron chi connectivity index (χ1n) is 22.0. The molecule has 0 aliphatic carbocycles. The average Bonchev–Trinajstić information content (AvgIpc) is 3.36. The molecule has 5 aromatic carbocycles. The summed E-state index contributed by atoms with van der Waals surface area (Å²) in [5, 5.41) is 0. The third kappa shape index (κ3) is 13.6. The lowest BCUT2D eigenvalue weighted by molar-refractivity contribution is -0.312. The average molecular weight is 949 g/mol. The van der Waals surface area contributed by atoms with E-state index in [1.54, 1.807) is 103 Å². The molecule has 0 unspecified atom stereocenters.